The minimum absolute atomic E-state index is 0.0286. The molecule has 3 aromatic rings. The predicted octanol–water partition coefficient (Wildman–Crippen LogP) is 3.04. The van der Waals surface area contributed by atoms with Crippen LogP contribution in [-0.2, 0) is 4.79 Å². The molecule has 5 heteroatoms. The maximum atomic E-state index is 13.3. The summed E-state index contributed by atoms with van der Waals surface area (Å²) in [7, 11) is 0. The third-order valence-electron chi connectivity index (χ3n) is 5.60. The van der Waals surface area contributed by atoms with Crippen molar-refractivity contribution in [3.63, 3.8) is 0 Å². The van der Waals surface area contributed by atoms with Crippen molar-refractivity contribution in [2.45, 2.75) is 32.2 Å². The first-order valence-electron chi connectivity index (χ1n) is 9.17. The summed E-state index contributed by atoms with van der Waals surface area (Å²) in [5.41, 5.74) is 2.76. The number of benzene rings is 2. The molecule has 1 aliphatic heterocycles. The molecule has 134 valence electrons. The van der Waals surface area contributed by atoms with Gasteiger partial charge in [-0.25, -0.2) is 9.36 Å². The molecule has 1 unspecified atom stereocenters. The third kappa shape index (κ3) is 2.14. The van der Waals surface area contributed by atoms with E-state index in [-0.39, 0.29) is 16.9 Å². The fraction of sp³-hybridized carbons (Fsp3) is 0.227. The van der Waals surface area contributed by atoms with Crippen molar-refractivity contribution < 1.29 is 4.79 Å². The van der Waals surface area contributed by atoms with Crippen molar-refractivity contribution >= 4 is 22.3 Å². The lowest BCUT2D eigenvalue weighted by atomic mass is 9.88. The van der Waals surface area contributed by atoms with Gasteiger partial charge in [-0.1, -0.05) is 42.0 Å². The Labute approximate surface area is 155 Å². The van der Waals surface area contributed by atoms with Crippen molar-refractivity contribution in [2.24, 2.45) is 0 Å². The summed E-state index contributed by atoms with van der Waals surface area (Å²) in [5.74, 6) is 0.0286. The van der Waals surface area contributed by atoms with E-state index in [1.807, 2.05) is 31.2 Å². The molecule has 0 bridgehead atoms. The van der Waals surface area contributed by atoms with Crippen LogP contribution in [-0.4, -0.2) is 15.1 Å². The first-order chi connectivity index (χ1) is 13.1. The van der Waals surface area contributed by atoms with Gasteiger partial charge in [0.15, 0.2) is 5.78 Å². The standard InChI is InChI=1S/C22H18N2O3/c1-13-9-11-14(12-10-13)20-19-17(7-4-8-18(19)25)23-21(26)15-5-2-3-6-16(15)22(27)24(20)23/h2-3,5-6,9-12,20H,4,7-8H2,1H3. The van der Waals surface area contributed by atoms with Gasteiger partial charge in [0.25, 0.3) is 11.1 Å². The summed E-state index contributed by atoms with van der Waals surface area (Å²) in [6.07, 6.45) is 1.78. The molecule has 0 saturated heterocycles. The average Bonchev–Trinajstić information content (AvgIpc) is 3.04. The highest BCUT2D eigenvalue weighted by Crippen LogP contribution is 2.40. The number of aryl methyl sites for hydroxylation is 1. The fourth-order valence-electron chi connectivity index (χ4n) is 4.32. The van der Waals surface area contributed by atoms with Crippen LogP contribution in [0.4, 0.5) is 0 Å². The third-order valence-corrected chi connectivity index (χ3v) is 5.60. The lowest BCUT2D eigenvalue weighted by molar-refractivity contribution is -0.116. The Balaban J connectivity index is 1.92. The monoisotopic (exact) mass is 358 g/mol. The maximum Gasteiger partial charge on any atom is 0.277 e. The number of allylic oxidation sites excluding steroid dienone is 2. The molecule has 0 saturated carbocycles. The summed E-state index contributed by atoms with van der Waals surface area (Å²) < 4.78 is 2.95. The molecule has 27 heavy (non-hydrogen) atoms. The largest absolute Gasteiger partial charge is 0.294 e. The molecule has 0 N–H and O–H groups in total. The van der Waals surface area contributed by atoms with E-state index in [4.69, 9.17) is 0 Å². The zero-order chi connectivity index (χ0) is 18.7. The Bertz CT molecular complexity index is 1260. The van der Waals surface area contributed by atoms with E-state index in [2.05, 4.69) is 0 Å². The second-order valence-electron chi connectivity index (χ2n) is 7.26. The van der Waals surface area contributed by atoms with E-state index in [0.717, 1.165) is 11.1 Å². The first-order valence-corrected chi connectivity index (χ1v) is 9.17. The highest BCUT2D eigenvalue weighted by Gasteiger charge is 2.39. The van der Waals surface area contributed by atoms with Gasteiger partial charge in [0.1, 0.15) is 6.04 Å². The van der Waals surface area contributed by atoms with Gasteiger partial charge >= 0.3 is 0 Å². The zero-order valence-corrected chi connectivity index (χ0v) is 14.9. The highest BCUT2D eigenvalue weighted by molar-refractivity contribution is 6.04. The van der Waals surface area contributed by atoms with Gasteiger partial charge in [-0.3, -0.25) is 14.4 Å². The number of Topliss-reactive ketones (excluding diaryl/α,β-unsaturated/α-hetero) is 1. The lowest BCUT2D eigenvalue weighted by Crippen LogP contribution is -2.37. The van der Waals surface area contributed by atoms with Crippen molar-refractivity contribution in [1.29, 1.82) is 0 Å². The van der Waals surface area contributed by atoms with Gasteiger partial charge < -0.3 is 0 Å². The topological polar surface area (TPSA) is 61.1 Å². The maximum absolute atomic E-state index is 13.3. The van der Waals surface area contributed by atoms with Crippen LogP contribution in [0.1, 0.15) is 36.4 Å². The Morgan fingerprint density at radius 3 is 2.22 bits per heavy atom. The van der Waals surface area contributed by atoms with E-state index in [9.17, 15) is 14.4 Å². The van der Waals surface area contributed by atoms with Gasteiger partial charge in [-0.2, -0.15) is 0 Å². The average molecular weight is 358 g/mol. The van der Waals surface area contributed by atoms with Crippen molar-refractivity contribution in [1.82, 2.24) is 9.36 Å². The molecule has 1 aromatic heterocycles. The molecular weight excluding hydrogens is 340 g/mol. The zero-order valence-electron chi connectivity index (χ0n) is 14.9. The van der Waals surface area contributed by atoms with E-state index in [1.54, 1.807) is 24.3 Å². The Kier molecular flexibility index (Phi) is 3.34. The van der Waals surface area contributed by atoms with Crippen molar-refractivity contribution in [2.75, 3.05) is 0 Å². The lowest BCUT2D eigenvalue weighted by Gasteiger charge is -2.19. The molecule has 0 radical (unpaired) electrons. The van der Waals surface area contributed by atoms with Crippen molar-refractivity contribution in [3.8, 4) is 0 Å². The second kappa shape index (κ2) is 5.64. The number of nitrogens with zero attached hydrogens (tertiary/aromatic N) is 2. The van der Waals surface area contributed by atoms with Gasteiger partial charge in [-0.15, -0.1) is 0 Å². The molecule has 2 aliphatic rings. The van der Waals surface area contributed by atoms with Crippen LogP contribution in [0.3, 0.4) is 0 Å². The number of carbonyl (C=O) groups excluding carboxylic acids is 1. The number of carbonyl (C=O) groups is 1. The van der Waals surface area contributed by atoms with E-state index in [0.29, 0.717) is 41.3 Å². The minimum atomic E-state index is -0.543. The number of hydrogen-bond acceptors (Lipinski definition) is 3. The van der Waals surface area contributed by atoms with Crippen LogP contribution in [0.15, 0.2) is 63.7 Å². The van der Waals surface area contributed by atoms with Crippen LogP contribution in [0.2, 0.25) is 0 Å². The summed E-state index contributed by atoms with van der Waals surface area (Å²) in [6.45, 7) is 1.99. The molecule has 0 fully saturated rings. The van der Waals surface area contributed by atoms with Crippen molar-refractivity contribution in [3.05, 3.63) is 85.9 Å². The first kappa shape index (κ1) is 16.0. The smallest absolute Gasteiger partial charge is 0.277 e. The van der Waals surface area contributed by atoms with Crippen LogP contribution in [0, 0.1) is 6.92 Å². The number of hydrogen-bond donors (Lipinski definition) is 0. The van der Waals surface area contributed by atoms with E-state index < -0.39 is 6.04 Å². The Morgan fingerprint density at radius 2 is 1.52 bits per heavy atom. The van der Waals surface area contributed by atoms with Gasteiger partial charge in [0, 0.05) is 12.0 Å². The van der Waals surface area contributed by atoms with Crippen LogP contribution in [0.5, 0.6) is 0 Å². The normalized spacial score (nSPS) is 18.7. The molecule has 0 spiro atoms. The summed E-state index contributed by atoms with van der Waals surface area (Å²) in [5, 5.41) is 0.788. The summed E-state index contributed by atoms with van der Waals surface area (Å²) in [6, 6.07) is 14.1. The Hall–Kier alpha value is -3.21. The molecular formula is C22H18N2O3. The molecule has 2 aromatic carbocycles. The van der Waals surface area contributed by atoms with Gasteiger partial charge in [0.05, 0.1) is 16.5 Å². The molecule has 1 aliphatic carbocycles. The van der Waals surface area contributed by atoms with Crippen LogP contribution in [0.25, 0.3) is 16.5 Å². The van der Waals surface area contributed by atoms with Gasteiger partial charge in [-0.05, 0) is 37.5 Å². The highest BCUT2D eigenvalue weighted by atomic mass is 16.2. The Morgan fingerprint density at radius 1 is 0.852 bits per heavy atom. The summed E-state index contributed by atoms with van der Waals surface area (Å²) in [4.78, 5) is 39.4. The number of aromatic nitrogens is 2. The van der Waals surface area contributed by atoms with Gasteiger partial charge in [0.2, 0.25) is 0 Å². The number of ketones is 1. The van der Waals surface area contributed by atoms with E-state index in [1.165, 1.54) is 9.36 Å². The number of fused-ring (bicyclic) bond motifs is 3. The van der Waals surface area contributed by atoms with Crippen LogP contribution < -0.4 is 11.1 Å². The fourth-order valence-corrected chi connectivity index (χ4v) is 4.32. The van der Waals surface area contributed by atoms with E-state index >= 15 is 0 Å². The quantitative estimate of drug-likeness (QED) is 0.672. The minimum Gasteiger partial charge on any atom is -0.294 e. The molecule has 5 nitrogen and oxygen atoms in total. The second-order valence-corrected chi connectivity index (χ2v) is 7.26. The SMILES string of the molecule is Cc1ccc(C2C3=C(CCCC3=O)n3c(=O)c4ccccc4c(=O)n32)cc1. The molecule has 1 atom stereocenters. The molecule has 5 rings (SSSR count). The molecule has 2 heterocycles. The molecule has 0 amide bonds. The summed E-state index contributed by atoms with van der Waals surface area (Å²) >= 11 is 0. The van der Waals surface area contributed by atoms with Crippen LogP contribution >= 0.6 is 0 Å². The predicted molar refractivity (Wildman–Crippen MR) is 104 cm³/mol. The number of rotatable bonds is 1.